The van der Waals surface area contributed by atoms with Crippen molar-refractivity contribution in [3.05, 3.63) is 0 Å². The summed E-state index contributed by atoms with van der Waals surface area (Å²) >= 11 is 9.66. The molecule has 0 spiro atoms. The van der Waals surface area contributed by atoms with Gasteiger partial charge >= 0.3 is 3.00 Å². The molecule has 0 aliphatic heterocycles. The van der Waals surface area contributed by atoms with Gasteiger partial charge in [0.25, 0.3) is 20.0 Å². The molecule has 0 rings (SSSR count). The molecule has 0 fully saturated rings. The van der Waals surface area contributed by atoms with Gasteiger partial charge in [-0.15, -0.1) is 0 Å². The number of sulfonamides is 2. The van der Waals surface area contributed by atoms with E-state index in [0.29, 0.717) is 0 Å². The minimum Gasteiger partial charge on any atom is -0.225 e. The molecule has 68 valence electrons. The minimum atomic E-state index is -4.64. The predicted octanol–water partition coefficient (Wildman–Crippen LogP) is -1.35. The van der Waals surface area contributed by atoms with E-state index in [9.17, 15) is 16.8 Å². The number of nitrogens with two attached hydrogens (primary N) is 2. The molecule has 4 N–H and O–H groups in total. The number of rotatable bonds is 2. The molecule has 0 aromatic rings. The molecule has 0 unspecified atom stereocenters. The zero-order valence-electron chi connectivity index (χ0n) is 4.86. The second-order valence-corrected chi connectivity index (χ2v) is 7.44. The Balaban J connectivity index is 5.45. The summed E-state index contributed by atoms with van der Waals surface area (Å²) < 4.78 is 38.2. The summed E-state index contributed by atoms with van der Waals surface area (Å²) in [6.07, 6.45) is 0. The zero-order valence-corrected chi connectivity index (χ0v) is 8.00. The van der Waals surface area contributed by atoms with E-state index in [2.05, 4.69) is 10.3 Å². The van der Waals surface area contributed by atoms with Crippen LogP contribution in [0.2, 0.25) is 0 Å². The van der Waals surface area contributed by atoms with Crippen LogP contribution in [0, 0.1) is 0 Å². The van der Waals surface area contributed by atoms with E-state index in [1.807, 2.05) is 0 Å². The zero-order chi connectivity index (χ0) is 9.50. The Labute approximate surface area is 73.5 Å². The SMILES string of the molecule is NS(=O)(=O)C(Cl)(Cl)S(N)(=O)=O. The molecule has 0 amide bonds. The summed E-state index contributed by atoms with van der Waals surface area (Å²) in [7, 11) is -9.28. The topological polar surface area (TPSA) is 120 Å². The van der Waals surface area contributed by atoms with Crippen molar-refractivity contribution in [1.29, 1.82) is 0 Å². The molecule has 0 atom stereocenters. The van der Waals surface area contributed by atoms with Crippen molar-refractivity contribution in [2.75, 3.05) is 0 Å². The number of primary sulfonamides is 2. The fourth-order valence-corrected chi connectivity index (χ4v) is 1.46. The Hall–Kier alpha value is 0.400. The summed E-state index contributed by atoms with van der Waals surface area (Å²) in [6.45, 7) is 0. The summed E-state index contributed by atoms with van der Waals surface area (Å²) in [6, 6.07) is 0. The van der Waals surface area contributed by atoms with Crippen LogP contribution >= 0.6 is 23.2 Å². The van der Waals surface area contributed by atoms with Gasteiger partial charge < -0.3 is 0 Å². The van der Waals surface area contributed by atoms with E-state index in [1.54, 1.807) is 0 Å². The van der Waals surface area contributed by atoms with E-state index >= 15 is 0 Å². The first-order chi connectivity index (χ1) is 4.50. The van der Waals surface area contributed by atoms with Gasteiger partial charge in [-0.05, 0) is 0 Å². The van der Waals surface area contributed by atoms with Crippen LogP contribution in [0.1, 0.15) is 0 Å². The highest BCUT2D eigenvalue weighted by Crippen LogP contribution is 2.29. The van der Waals surface area contributed by atoms with Gasteiger partial charge in [0.05, 0.1) is 0 Å². The Morgan fingerprint density at radius 2 is 1.09 bits per heavy atom. The lowest BCUT2D eigenvalue weighted by Gasteiger charge is -2.12. The molecule has 0 aromatic heterocycles. The number of hydrogen-bond donors (Lipinski definition) is 2. The van der Waals surface area contributed by atoms with E-state index in [-0.39, 0.29) is 0 Å². The maximum absolute atomic E-state index is 10.4. The standard InChI is InChI=1S/CH4Cl2N2O4S2/c2-1(3,10(4,6)7)11(5,8)9/h(H2,4,6,7)(H2,5,8,9). The molecular formula is CH4Cl2N2O4S2. The molecule has 0 saturated heterocycles. The van der Waals surface area contributed by atoms with E-state index < -0.39 is 23.0 Å². The van der Waals surface area contributed by atoms with Crippen molar-refractivity contribution in [2.24, 2.45) is 10.3 Å². The van der Waals surface area contributed by atoms with Crippen LogP contribution in [-0.2, 0) is 20.0 Å². The van der Waals surface area contributed by atoms with Crippen LogP contribution in [0.3, 0.4) is 0 Å². The average molecular weight is 243 g/mol. The van der Waals surface area contributed by atoms with Gasteiger partial charge in [0, 0.05) is 0 Å². The normalized spacial score (nSPS) is 14.9. The van der Waals surface area contributed by atoms with Crippen molar-refractivity contribution in [3.8, 4) is 0 Å². The molecule has 0 heterocycles. The summed E-state index contributed by atoms with van der Waals surface area (Å²) in [4.78, 5) is 0. The molecule has 0 aromatic carbocycles. The number of halogens is 2. The highest BCUT2D eigenvalue weighted by molar-refractivity contribution is 8.12. The number of hydrogen-bond acceptors (Lipinski definition) is 4. The van der Waals surface area contributed by atoms with Crippen LogP contribution in [0.4, 0.5) is 0 Å². The fourth-order valence-electron chi connectivity index (χ4n) is 0.162. The second-order valence-electron chi connectivity index (χ2n) is 1.55. The fraction of sp³-hybridized carbons (Fsp3) is 1.00. The second kappa shape index (κ2) is 2.71. The van der Waals surface area contributed by atoms with Crippen molar-refractivity contribution in [1.82, 2.24) is 0 Å². The van der Waals surface area contributed by atoms with E-state index in [4.69, 9.17) is 23.2 Å². The van der Waals surface area contributed by atoms with Crippen molar-refractivity contribution >= 4 is 43.2 Å². The first-order valence-corrected chi connectivity index (χ1v) is 5.77. The van der Waals surface area contributed by atoms with Gasteiger partial charge in [-0.2, -0.15) is 0 Å². The van der Waals surface area contributed by atoms with Crippen molar-refractivity contribution in [3.63, 3.8) is 0 Å². The monoisotopic (exact) mass is 242 g/mol. The van der Waals surface area contributed by atoms with Gasteiger partial charge in [0.1, 0.15) is 0 Å². The average Bonchev–Trinajstić information content (AvgIpc) is 1.58. The van der Waals surface area contributed by atoms with Gasteiger partial charge in [-0.25, -0.2) is 27.1 Å². The van der Waals surface area contributed by atoms with Gasteiger partial charge in [0.2, 0.25) is 0 Å². The molecule has 0 radical (unpaired) electrons. The lowest BCUT2D eigenvalue weighted by atomic mass is 11.8. The van der Waals surface area contributed by atoms with Gasteiger partial charge in [-0.3, -0.25) is 0 Å². The van der Waals surface area contributed by atoms with Crippen LogP contribution in [0.5, 0.6) is 0 Å². The Morgan fingerprint density at radius 3 is 1.09 bits per heavy atom. The molecule has 0 bridgehead atoms. The third-order valence-corrected chi connectivity index (χ3v) is 5.96. The third-order valence-electron chi connectivity index (χ3n) is 0.662. The van der Waals surface area contributed by atoms with Gasteiger partial charge in [-0.1, -0.05) is 23.2 Å². The largest absolute Gasteiger partial charge is 0.345 e. The van der Waals surface area contributed by atoms with Crippen LogP contribution in [-0.4, -0.2) is 19.8 Å². The lowest BCUT2D eigenvalue weighted by Crippen LogP contribution is -2.44. The quantitative estimate of drug-likeness (QED) is 0.582. The Bertz CT molecular complexity index is 306. The van der Waals surface area contributed by atoms with Crippen molar-refractivity contribution < 1.29 is 16.8 Å². The maximum atomic E-state index is 10.4. The predicted molar refractivity (Wildman–Crippen MR) is 40.7 cm³/mol. The third kappa shape index (κ3) is 2.17. The smallest absolute Gasteiger partial charge is 0.225 e. The first kappa shape index (κ1) is 11.4. The van der Waals surface area contributed by atoms with Crippen LogP contribution in [0.25, 0.3) is 0 Å². The Morgan fingerprint density at radius 1 is 0.909 bits per heavy atom. The van der Waals surface area contributed by atoms with E-state index in [0.717, 1.165) is 0 Å². The molecule has 0 saturated carbocycles. The van der Waals surface area contributed by atoms with Crippen molar-refractivity contribution in [2.45, 2.75) is 3.00 Å². The van der Waals surface area contributed by atoms with Crippen LogP contribution < -0.4 is 10.3 Å². The van der Waals surface area contributed by atoms with Gasteiger partial charge in [0.15, 0.2) is 0 Å². The lowest BCUT2D eigenvalue weighted by molar-refractivity contribution is 0.583. The Kier molecular flexibility index (Phi) is 2.81. The highest BCUT2D eigenvalue weighted by atomic mass is 35.5. The van der Waals surface area contributed by atoms with E-state index in [1.165, 1.54) is 0 Å². The first-order valence-electron chi connectivity index (χ1n) is 1.92. The summed E-state index contributed by atoms with van der Waals surface area (Å²) in [5, 5.41) is 8.70. The molecular weight excluding hydrogens is 239 g/mol. The molecule has 6 nitrogen and oxygen atoms in total. The van der Waals surface area contributed by atoms with Crippen LogP contribution in [0.15, 0.2) is 0 Å². The number of alkyl halides is 2. The molecule has 0 aliphatic carbocycles. The molecule has 10 heteroatoms. The maximum Gasteiger partial charge on any atom is 0.345 e. The minimum absolute atomic E-state index is 3.18. The highest BCUT2D eigenvalue weighted by Gasteiger charge is 2.49. The summed E-state index contributed by atoms with van der Waals surface area (Å²) in [5.74, 6) is 0. The molecule has 0 aliphatic rings. The molecule has 11 heavy (non-hydrogen) atoms. The summed E-state index contributed by atoms with van der Waals surface area (Å²) in [5.41, 5.74) is 0.